The van der Waals surface area contributed by atoms with E-state index in [1.54, 1.807) is 24.3 Å². The Balaban J connectivity index is 0.00000316. The molecule has 0 N–H and O–H groups in total. The van der Waals surface area contributed by atoms with E-state index in [9.17, 15) is 17.6 Å². The van der Waals surface area contributed by atoms with Crippen LogP contribution in [0, 0.1) is 35.4 Å². The summed E-state index contributed by atoms with van der Waals surface area (Å²) in [6, 6.07) is 35.0. The van der Waals surface area contributed by atoms with E-state index >= 15 is 0 Å². The van der Waals surface area contributed by atoms with E-state index in [1.807, 2.05) is 60.7 Å². The van der Waals surface area contributed by atoms with Crippen molar-refractivity contribution >= 4 is 23.0 Å². The fraction of sp³-hybridized carbons (Fsp3) is 0. The molecule has 0 fully saturated rings. The molecule has 0 amide bonds. The summed E-state index contributed by atoms with van der Waals surface area (Å²) in [5.41, 5.74) is 4.11. The Bertz CT molecular complexity index is 1840. The number of quaternary nitrogens is 1. The quantitative estimate of drug-likeness (QED) is 0.102. The van der Waals surface area contributed by atoms with Gasteiger partial charge in [-0.3, -0.25) is 17.6 Å². The Morgan fingerprint density at radius 1 is 0.524 bits per heavy atom. The standard InChI is InChI=1S/C34H18F4N3.Pt/c35-21-15-17-25(27(37)19-21)29-9-5-13-33(39-29)41(31-11-3-1-7-23(31)24-8-2-4-12-32(24)41)34-14-6-10-30(40-34)26-18-16-22(36)20-28(26)38;/h1-16,19-20H;/q-1;+2. The van der Waals surface area contributed by atoms with Gasteiger partial charge in [-0.15, -0.1) is 24.3 Å². The average Bonchev–Trinajstić information content (AvgIpc) is 3.29. The number of nitrogens with zero attached hydrogens (tertiary/aromatic N) is 3. The second kappa shape index (κ2) is 10.7. The van der Waals surface area contributed by atoms with E-state index in [4.69, 9.17) is 9.97 Å². The van der Waals surface area contributed by atoms with Crippen LogP contribution >= 0.6 is 0 Å². The third-order valence-corrected chi connectivity index (χ3v) is 7.21. The molecule has 8 heteroatoms. The van der Waals surface area contributed by atoms with E-state index in [-0.39, 0.29) is 48.1 Å². The third kappa shape index (κ3) is 4.28. The van der Waals surface area contributed by atoms with E-state index in [0.717, 1.165) is 46.8 Å². The van der Waals surface area contributed by atoms with Crippen LogP contribution in [-0.4, -0.2) is 9.97 Å². The topological polar surface area (TPSA) is 25.8 Å². The molecule has 0 spiro atoms. The molecular formula is C34H18F4N3Pt+. The van der Waals surface area contributed by atoms with Gasteiger partial charge in [0, 0.05) is 47.5 Å². The minimum atomic E-state index is -0.786. The Hall–Kier alpha value is -4.45. The first kappa shape index (κ1) is 27.7. The Labute approximate surface area is 253 Å². The molecule has 0 bridgehead atoms. The number of para-hydroxylation sites is 2. The monoisotopic (exact) mass is 739 g/mol. The minimum Gasteiger partial charge on any atom is -0.265 e. The maximum absolute atomic E-state index is 14.9. The van der Waals surface area contributed by atoms with Crippen molar-refractivity contribution in [1.29, 1.82) is 0 Å². The van der Waals surface area contributed by atoms with Crippen LogP contribution in [0.5, 0.6) is 0 Å². The molecule has 206 valence electrons. The van der Waals surface area contributed by atoms with Gasteiger partial charge < -0.3 is 0 Å². The minimum absolute atomic E-state index is 0. The molecule has 0 radical (unpaired) electrons. The molecule has 3 nitrogen and oxygen atoms in total. The summed E-state index contributed by atoms with van der Waals surface area (Å²) < 4.78 is 57.0. The van der Waals surface area contributed by atoms with Gasteiger partial charge >= 0.3 is 21.1 Å². The smallest absolute Gasteiger partial charge is 0.265 e. The first-order valence-electron chi connectivity index (χ1n) is 12.7. The predicted octanol–water partition coefficient (Wildman–Crippen LogP) is 9.25. The average molecular weight is 740 g/mol. The second-order valence-corrected chi connectivity index (χ2v) is 9.55. The number of pyridine rings is 2. The first-order chi connectivity index (χ1) is 20.0. The molecule has 4 aromatic carbocycles. The van der Waals surface area contributed by atoms with Crippen molar-refractivity contribution in [3.63, 3.8) is 0 Å². The molecule has 1 aliphatic rings. The number of hydrogen-bond acceptors (Lipinski definition) is 2. The van der Waals surface area contributed by atoms with Crippen molar-refractivity contribution in [2.24, 2.45) is 0 Å². The van der Waals surface area contributed by atoms with Gasteiger partial charge in [-0.2, -0.15) is 4.48 Å². The Kier molecular flexibility index (Phi) is 7.09. The largest absolute Gasteiger partial charge is 2.00 e. The summed E-state index contributed by atoms with van der Waals surface area (Å²) in [6.45, 7) is 0. The second-order valence-electron chi connectivity index (χ2n) is 9.55. The molecule has 6 aromatic rings. The van der Waals surface area contributed by atoms with E-state index in [1.165, 1.54) is 0 Å². The van der Waals surface area contributed by atoms with Crippen molar-refractivity contribution in [2.75, 3.05) is 0 Å². The number of benzene rings is 4. The normalized spacial score (nSPS) is 12.8. The molecular weight excluding hydrogens is 721 g/mol. The van der Waals surface area contributed by atoms with Crippen LogP contribution < -0.4 is 4.48 Å². The van der Waals surface area contributed by atoms with Gasteiger partial charge in [0.05, 0.1) is 11.1 Å². The van der Waals surface area contributed by atoms with Crippen LogP contribution in [0.4, 0.5) is 40.6 Å². The summed E-state index contributed by atoms with van der Waals surface area (Å²) in [7, 11) is 0. The van der Waals surface area contributed by atoms with Gasteiger partial charge in [0.25, 0.3) is 0 Å². The molecule has 0 saturated heterocycles. The van der Waals surface area contributed by atoms with Crippen LogP contribution in [0.1, 0.15) is 0 Å². The van der Waals surface area contributed by atoms with Crippen LogP contribution in [0.15, 0.2) is 109 Å². The van der Waals surface area contributed by atoms with Gasteiger partial charge in [0.2, 0.25) is 11.6 Å². The van der Waals surface area contributed by atoms with Gasteiger partial charge in [-0.1, -0.05) is 71.8 Å². The summed E-state index contributed by atoms with van der Waals surface area (Å²) >= 11 is 0. The van der Waals surface area contributed by atoms with Crippen LogP contribution in [-0.2, 0) is 21.1 Å². The molecule has 3 heterocycles. The molecule has 0 aliphatic carbocycles. The van der Waals surface area contributed by atoms with Gasteiger partial charge in [-0.25, -0.2) is 9.97 Å². The third-order valence-electron chi connectivity index (χ3n) is 7.21. The molecule has 0 saturated carbocycles. The zero-order valence-corrected chi connectivity index (χ0v) is 23.8. The van der Waals surface area contributed by atoms with Gasteiger partial charge in [0.1, 0.15) is 0 Å². The van der Waals surface area contributed by atoms with Crippen LogP contribution in [0.2, 0.25) is 0 Å². The van der Waals surface area contributed by atoms with Crippen LogP contribution in [0.25, 0.3) is 33.6 Å². The van der Waals surface area contributed by atoms with Crippen molar-refractivity contribution in [2.45, 2.75) is 0 Å². The number of halogens is 4. The van der Waals surface area contributed by atoms with Crippen molar-refractivity contribution in [3.8, 4) is 33.6 Å². The SMILES string of the molecule is Fc1c[c-]c(-c2cccc([N+]3(c4cccc(-c5[c-]cc(F)cc5F)n4)c4ccccc4-c4ccccc43)n2)c(F)c1.[Pt+2]. The molecule has 7 rings (SSSR count). The fourth-order valence-corrected chi connectivity index (χ4v) is 5.51. The van der Waals surface area contributed by atoms with E-state index < -0.39 is 23.3 Å². The number of hydrogen-bond donors (Lipinski definition) is 0. The van der Waals surface area contributed by atoms with Crippen molar-refractivity contribution < 1.29 is 38.6 Å². The summed E-state index contributed by atoms with van der Waals surface area (Å²) in [4.78, 5) is 9.80. The molecule has 42 heavy (non-hydrogen) atoms. The maximum Gasteiger partial charge on any atom is 2.00 e. The van der Waals surface area contributed by atoms with Gasteiger partial charge in [-0.05, 0) is 23.5 Å². The predicted molar refractivity (Wildman–Crippen MR) is 150 cm³/mol. The van der Waals surface area contributed by atoms with E-state index in [2.05, 4.69) is 12.1 Å². The fourth-order valence-electron chi connectivity index (χ4n) is 5.51. The Morgan fingerprint density at radius 3 is 1.38 bits per heavy atom. The molecule has 1 aliphatic heterocycles. The van der Waals surface area contributed by atoms with Crippen molar-refractivity contribution in [3.05, 3.63) is 145 Å². The number of aromatic nitrogens is 2. The summed E-state index contributed by atoms with van der Waals surface area (Å²) in [5.74, 6) is -2.09. The number of rotatable bonds is 4. The molecule has 0 unspecified atom stereocenters. The van der Waals surface area contributed by atoms with Crippen LogP contribution in [0.3, 0.4) is 0 Å². The van der Waals surface area contributed by atoms with E-state index in [0.29, 0.717) is 11.6 Å². The Morgan fingerprint density at radius 2 is 0.952 bits per heavy atom. The zero-order chi connectivity index (χ0) is 28.1. The summed E-state index contributed by atoms with van der Waals surface area (Å²) in [6.07, 6.45) is 0. The number of fused-ring (bicyclic) bond motifs is 3. The molecule has 0 atom stereocenters. The van der Waals surface area contributed by atoms with Gasteiger partial charge in [0.15, 0.2) is 11.4 Å². The first-order valence-corrected chi connectivity index (χ1v) is 12.7. The zero-order valence-electron chi connectivity index (χ0n) is 21.6. The maximum atomic E-state index is 14.9. The van der Waals surface area contributed by atoms with Crippen molar-refractivity contribution in [1.82, 2.24) is 14.5 Å². The molecule has 2 aromatic heterocycles. The summed E-state index contributed by atoms with van der Waals surface area (Å²) in [5, 5.41) is 0.